The fourth-order valence-corrected chi connectivity index (χ4v) is 3.69. The predicted octanol–water partition coefficient (Wildman–Crippen LogP) is 5.73. The van der Waals surface area contributed by atoms with Crippen LogP contribution in [0.1, 0.15) is 42.5 Å². The van der Waals surface area contributed by atoms with Gasteiger partial charge in [-0.05, 0) is 35.9 Å². The molecule has 4 rings (SSSR count). The lowest BCUT2D eigenvalue weighted by Crippen LogP contribution is -2.29. The first kappa shape index (κ1) is 25.7. The van der Waals surface area contributed by atoms with Gasteiger partial charge in [-0.2, -0.15) is 0 Å². The summed E-state index contributed by atoms with van der Waals surface area (Å²) in [5.74, 6) is 0.355. The number of rotatable bonds is 6. The zero-order valence-electron chi connectivity index (χ0n) is 20.5. The molecule has 0 atom stereocenters. The highest BCUT2D eigenvalue weighted by Gasteiger charge is 2.20. The molecule has 0 fully saturated rings. The number of amides is 3. The molecule has 0 saturated heterocycles. The Balaban J connectivity index is 1.39. The summed E-state index contributed by atoms with van der Waals surface area (Å²) in [5.41, 5.74) is 1.07. The SMILES string of the molecule is CC(C)(C)c1cc(NC(=O)Nc2ccc(NC(=O)c3cc(Cl)cn(Cc4ccccc4)c3=O)cc2)no1. The van der Waals surface area contributed by atoms with E-state index >= 15 is 0 Å². The molecule has 10 heteroatoms. The van der Waals surface area contributed by atoms with Crippen molar-refractivity contribution in [2.45, 2.75) is 32.7 Å². The number of nitrogens with one attached hydrogen (secondary N) is 3. The Kier molecular flexibility index (Phi) is 7.45. The predicted molar refractivity (Wildman–Crippen MR) is 143 cm³/mol. The quantitative estimate of drug-likeness (QED) is 0.300. The average Bonchev–Trinajstić information content (AvgIpc) is 3.32. The van der Waals surface area contributed by atoms with E-state index in [9.17, 15) is 14.4 Å². The number of urea groups is 1. The van der Waals surface area contributed by atoms with Crippen LogP contribution in [0.4, 0.5) is 22.0 Å². The van der Waals surface area contributed by atoms with Crippen LogP contribution in [0.15, 0.2) is 82.2 Å². The molecular formula is C27H26ClN5O4. The van der Waals surface area contributed by atoms with Gasteiger partial charge in [-0.1, -0.05) is 67.9 Å². The minimum atomic E-state index is -0.589. The second-order valence-corrected chi connectivity index (χ2v) is 9.86. The molecule has 0 aliphatic heterocycles. The lowest BCUT2D eigenvalue weighted by Gasteiger charge is -2.12. The van der Waals surface area contributed by atoms with E-state index in [1.807, 2.05) is 51.1 Å². The molecule has 0 aliphatic rings. The fraction of sp³-hybridized carbons (Fsp3) is 0.185. The monoisotopic (exact) mass is 519 g/mol. The van der Waals surface area contributed by atoms with Crippen molar-refractivity contribution >= 4 is 40.7 Å². The van der Waals surface area contributed by atoms with Crippen molar-refractivity contribution in [2.75, 3.05) is 16.0 Å². The summed E-state index contributed by atoms with van der Waals surface area (Å²) >= 11 is 6.19. The second kappa shape index (κ2) is 10.7. The standard InChI is InChI=1S/C27H26ClN5O4/c1-27(2,3)22-14-23(32-37-22)31-26(36)30-20-11-9-19(10-12-20)29-24(34)21-13-18(28)16-33(25(21)35)15-17-7-5-4-6-8-17/h4-14,16H,15H2,1-3H3,(H,29,34)(H2,30,31,32,36). The molecule has 3 N–H and O–H groups in total. The van der Waals surface area contributed by atoms with Crippen molar-refractivity contribution < 1.29 is 14.1 Å². The highest BCUT2D eigenvalue weighted by molar-refractivity contribution is 6.30. The number of anilines is 3. The highest BCUT2D eigenvalue weighted by Crippen LogP contribution is 2.24. The zero-order valence-corrected chi connectivity index (χ0v) is 21.3. The minimum Gasteiger partial charge on any atom is -0.359 e. The molecule has 0 radical (unpaired) electrons. The zero-order chi connectivity index (χ0) is 26.6. The van der Waals surface area contributed by atoms with Crippen LogP contribution in [0, 0.1) is 0 Å². The van der Waals surface area contributed by atoms with E-state index in [2.05, 4.69) is 21.1 Å². The van der Waals surface area contributed by atoms with Gasteiger partial charge in [-0.25, -0.2) is 4.79 Å². The van der Waals surface area contributed by atoms with E-state index in [1.165, 1.54) is 16.8 Å². The number of aromatic nitrogens is 2. The maximum Gasteiger partial charge on any atom is 0.324 e. The first-order valence-corrected chi connectivity index (χ1v) is 11.9. The van der Waals surface area contributed by atoms with Crippen LogP contribution in [-0.4, -0.2) is 21.7 Å². The summed E-state index contributed by atoms with van der Waals surface area (Å²) in [6.45, 7) is 6.22. The number of nitrogens with zero attached hydrogens (tertiary/aromatic N) is 2. The molecule has 9 nitrogen and oxygen atoms in total. The third-order valence-corrected chi connectivity index (χ3v) is 5.59. The largest absolute Gasteiger partial charge is 0.359 e. The minimum absolute atomic E-state index is 0.0766. The first-order chi connectivity index (χ1) is 17.6. The van der Waals surface area contributed by atoms with Gasteiger partial charge in [0, 0.05) is 29.1 Å². The van der Waals surface area contributed by atoms with Gasteiger partial charge in [0.25, 0.3) is 11.5 Å². The van der Waals surface area contributed by atoms with Crippen LogP contribution in [0.5, 0.6) is 0 Å². The number of hydrogen-bond donors (Lipinski definition) is 3. The van der Waals surface area contributed by atoms with Gasteiger partial charge in [-0.3, -0.25) is 14.9 Å². The molecule has 0 saturated carbocycles. The lowest BCUT2D eigenvalue weighted by atomic mass is 9.93. The Labute approximate surface area is 218 Å². The number of carbonyl (C=O) groups is 2. The van der Waals surface area contributed by atoms with E-state index in [-0.39, 0.29) is 22.5 Å². The van der Waals surface area contributed by atoms with Gasteiger partial charge in [0.2, 0.25) is 0 Å². The number of benzene rings is 2. The van der Waals surface area contributed by atoms with Crippen molar-refractivity contribution in [3.8, 4) is 0 Å². The molecule has 2 aromatic carbocycles. The van der Waals surface area contributed by atoms with Crippen LogP contribution >= 0.6 is 11.6 Å². The van der Waals surface area contributed by atoms with Gasteiger partial charge in [0.05, 0.1) is 11.6 Å². The molecule has 3 amide bonds. The molecule has 37 heavy (non-hydrogen) atoms. The molecule has 0 bridgehead atoms. The van der Waals surface area contributed by atoms with E-state index in [1.54, 1.807) is 30.3 Å². The summed E-state index contributed by atoms with van der Waals surface area (Å²) in [4.78, 5) is 38.1. The summed E-state index contributed by atoms with van der Waals surface area (Å²) in [7, 11) is 0. The lowest BCUT2D eigenvalue weighted by molar-refractivity contribution is 0.102. The topological polar surface area (TPSA) is 118 Å². The molecule has 0 aliphatic carbocycles. The Hall–Kier alpha value is -4.37. The van der Waals surface area contributed by atoms with Crippen LogP contribution in [0.2, 0.25) is 5.02 Å². The second-order valence-electron chi connectivity index (χ2n) is 9.43. The van der Waals surface area contributed by atoms with Gasteiger partial charge in [-0.15, -0.1) is 0 Å². The van der Waals surface area contributed by atoms with Crippen LogP contribution in [0.3, 0.4) is 0 Å². The average molecular weight is 520 g/mol. The Morgan fingerprint density at radius 1 is 0.946 bits per heavy atom. The van der Waals surface area contributed by atoms with Crippen molar-refractivity contribution in [1.82, 2.24) is 9.72 Å². The molecule has 2 aromatic heterocycles. The number of pyridine rings is 1. The number of carbonyl (C=O) groups excluding carboxylic acids is 2. The van der Waals surface area contributed by atoms with Gasteiger partial charge in [0.15, 0.2) is 5.82 Å². The van der Waals surface area contributed by atoms with Crippen LogP contribution in [-0.2, 0) is 12.0 Å². The highest BCUT2D eigenvalue weighted by atomic mass is 35.5. The van der Waals surface area contributed by atoms with Crippen molar-refractivity contribution in [3.05, 3.63) is 105 Å². The van der Waals surface area contributed by atoms with Gasteiger partial charge >= 0.3 is 6.03 Å². The van der Waals surface area contributed by atoms with Crippen molar-refractivity contribution in [1.29, 1.82) is 0 Å². The molecule has 2 heterocycles. The third kappa shape index (κ3) is 6.65. The molecule has 4 aromatic rings. The first-order valence-electron chi connectivity index (χ1n) is 11.5. The summed E-state index contributed by atoms with van der Waals surface area (Å²) < 4.78 is 6.66. The summed E-state index contributed by atoms with van der Waals surface area (Å²) in [6, 6.07) is 18.4. The maximum atomic E-state index is 12.9. The molecule has 0 spiro atoms. The summed E-state index contributed by atoms with van der Waals surface area (Å²) in [6.07, 6.45) is 1.50. The molecule has 190 valence electrons. The van der Waals surface area contributed by atoms with Crippen LogP contribution in [0.25, 0.3) is 0 Å². The fourth-order valence-electron chi connectivity index (χ4n) is 3.46. The Morgan fingerprint density at radius 2 is 1.59 bits per heavy atom. The number of halogens is 1. The van der Waals surface area contributed by atoms with Crippen LogP contribution < -0.4 is 21.5 Å². The molecular weight excluding hydrogens is 494 g/mol. The van der Waals surface area contributed by atoms with E-state index in [0.717, 1.165) is 5.56 Å². The van der Waals surface area contributed by atoms with Crippen molar-refractivity contribution in [2.24, 2.45) is 0 Å². The smallest absolute Gasteiger partial charge is 0.324 e. The third-order valence-electron chi connectivity index (χ3n) is 5.38. The summed E-state index contributed by atoms with van der Waals surface area (Å²) in [5, 5.41) is 12.1. The van der Waals surface area contributed by atoms with Crippen molar-refractivity contribution in [3.63, 3.8) is 0 Å². The van der Waals surface area contributed by atoms with E-state index in [4.69, 9.17) is 16.1 Å². The number of hydrogen-bond acceptors (Lipinski definition) is 5. The van der Waals surface area contributed by atoms with E-state index < -0.39 is 17.5 Å². The normalized spacial score (nSPS) is 11.1. The van der Waals surface area contributed by atoms with E-state index in [0.29, 0.717) is 23.0 Å². The van der Waals surface area contributed by atoms with Gasteiger partial charge in [0.1, 0.15) is 11.3 Å². The maximum absolute atomic E-state index is 12.9. The van der Waals surface area contributed by atoms with Gasteiger partial charge < -0.3 is 19.7 Å². The molecule has 0 unspecified atom stereocenters. The Morgan fingerprint density at radius 3 is 2.22 bits per heavy atom. The Bertz CT molecular complexity index is 1470.